The number of halogens is 6. The van der Waals surface area contributed by atoms with Gasteiger partial charge in [-0.2, -0.15) is 26.3 Å². The van der Waals surface area contributed by atoms with Gasteiger partial charge < -0.3 is 15.5 Å². The van der Waals surface area contributed by atoms with Gasteiger partial charge in [-0.3, -0.25) is 9.59 Å². The van der Waals surface area contributed by atoms with Gasteiger partial charge in [-0.25, -0.2) is 0 Å². The first-order chi connectivity index (χ1) is 13.0. The molecule has 11 heteroatoms. The highest BCUT2D eigenvalue weighted by atomic mass is 19.4. The summed E-state index contributed by atoms with van der Waals surface area (Å²) in [5.74, 6) is -0.990. The molecule has 1 aliphatic heterocycles. The van der Waals surface area contributed by atoms with Crippen molar-refractivity contribution >= 4 is 11.8 Å². The third-order valence-corrected chi connectivity index (χ3v) is 3.66. The number of hydrogen-bond donors (Lipinski definition) is 2. The molecule has 1 saturated heterocycles. The second kappa shape index (κ2) is 9.76. The number of carbonyl (C=O) groups excluding carboxylic acids is 2. The molecule has 158 valence electrons. The molecule has 5 nitrogen and oxygen atoms in total. The molecule has 0 aliphatic carbocycles. The first-order valence-electron chi connectivity index (χ1n) is 8.50. The molecule has 0 saturated carbocycles. The number of nitrogens with zero attached hydrogens (tertiary/aromatic N) is 1. The second-order valence-corrected chi connectivity index (χ2v) is 5.68. The van der Waals surface area contributed by atoms with E-state index in [0.29, 0.717) is 18.7 Å². The highest BCUT2D eigenvalue weighted by molar-refractivity contribution is 5.86. The van der Waals surface area contributed by atoms with E-state index in [0.717, 1.165) is 0 Å². The summed E-state index contributed by atoms with van der Waals surface area (Å²) in [6.45, 7) is 4.00. The van der Waals surface area contributed by atoms with E-state index >= 15 is 0 Å². The van der Waals surface area contributed by atoms with Gasteiger partial charge in [0.2, 0.25) is 11.8 Å². The van der Waals surface area contributed by atoms with Gasteiger partial charge in [0, 0.05) is 19.6 Å². The lowest BCUT2D eigenvalue weighted by atomic mass is 10.0. The van der Waals surface area contributed by atoms with Crippen LogP contribution < -0.4 is 10.6 Å². The van der Waals surface area contributed by atoms with E-state index in [1.54, 1.807) is 0 Å². The molecule has 0 atom stereocenters. The van der Waals surface area contributed by atoms with E-state index < -0.39 is 35.9 Å². The molecule has 2 N–H and O–H groups in total. The molecule has 0 spiro atoms. The standard InChI is InChI=1S/C15H15F6N3O2.C2H6/c16-14(17,18)10-3-9(4-11(5-10)15(19,20)21)6-23-12(25)8-24-2-1-22-7-13(24)26;1-2/h3-5,22H,1-2,6-8H2,(H,23,25);1-2H3. The van der Waals surface area contributed by atoms with Crippen LogP contribution in [0.3, 0.4) is 0 Å². The van der Waals surface area contributed by atoms with Crippen LogP contribution in [0.2, 0.25) is 0 Å². The largest absolute Gasteiger partial charge is 0.416 e. The van der Waals surface area contributed by atoms with E-state index in [1.165, 1.54) is 4.90 Å². The summed E-state index contributed by atoms with van der Waals surface area (Å²) in [5, 5.41) is 5.04. The summed E-state index contributed by atoms with van der Waals surface area (Å²) in [6.07, 6.45) is -9.90. The summed E-state index contributed by atoms with van der Waals surface area (Å²) in [7, 11) is 0. The lowest BCUT2D eigenvalue weighted by molar-refractivity contribution is -0.143. The quantitative estimate of drug-likeness (QED) is 0.747. The minimum absolute atomic E-state index is 0.0186. The summed E-state index contributed by atoms with van der Waals surface area (Å²) < 4.78 is 76.7. The Kier molecular flexibility index (Phi) is 8.28. The van der Waals surface area contributed by atoms with Crippen molar-refractivity contribution in [1.29, 1.82) is 0 Å². The Labute approximate surface area is 158 Å². The third kappa shape index (κ3) is 7.02. The average molecular weight is 413 g/mol. The molecule has 1 heterocycles. The fraction of sp³-hybridized carbons (Fsp3) is 0.529. The van der Waals surface area contributed by atoms with Crippen molar-refractivity contribution in [1.82, 2.24) is 15.5 Å². The lowest BCUT2D eigenvalue weighted by Gasteiger charge is -2.26. The number of carbonyl (C=O) groups is 2. The Morgan fingerprint density at radius 3 is 2.07 bits per heavy atom. The maximum absolute atomic E-state index is 12.8. The Morgan fingerprint density at radius 2 is 1.61 bits per heavy atom. The van der Waals surface area contributed by atoms with Crippen molar-refractivity contribution in [2.75, 3.05) is 26.2 Å². The van der Waals surface area contributed by atoms with E-state index in [4.69, 9.17) is 0 Å². The smallest absolute Gasteiger partial charge is 0.350 e. The number of amides is 2. The molecule has 2 rings (SSSR count). The molecule has 0 aromatic heterocycles. The topological polar surface area (TPSA) is 61.4 Å². The van der Waals surface area contributed by atoms with Crippen molar-refractivity contribution in [3.63, 3.8) is 0 Å². The van der Waals surface area contributed by atoms with Crippen LogP contribution in [0.4, 0.5) is 26.3 Å². The van der Waals surface area contributed by atoms with Crippen LogP contribution in [0.25, 0.3) is 0 Å². The predicted octanol–water partition coefficient (Wildman–Crippen LogP) is 2.80. The Balaban J connectivity index is 0.00000190. The van der Waals surface area contributed by atoms with Gasteiger partial charge in [0.1, 0.15) is 0 Å². The first kappa shape index (κ1) is 23.7. The maximum Gasteiger partial charge on any atom is 0.416 e. The highest BCUT2D eigenvalue weighted by Crippen LogP contribution is 2.36. The zero-order chi connectivity index (χ0) is 21.5. The maximum atomic E-state index is 12.8. The number of piperazine rings is 1. The van der Waals surface area contributed by atoms with Crippen LogP contribution in [-0.2, 0) is 28.5 Å². The lowest BCUT2D eigenvalue weighted by Crippen LogP contribution is -2.51. The molecule has 1 fully saturated rings. The van der Waals surface area contributed by atoms with Gasteiger partial charge in [-0.15, -0.1) is 0 Å². The molecule has 2 amide bonds. The summed E-state index contributed by atoms with van der Waals surface area (Å²) in [4.78, 5) is 24.6. The van der Waals surface area contributed by atoms with Gasteiger partial charge in [0.15, 0.2) is 0 Å². The monoisotopic (exact) mass is 413 g/mol. The Bertz CT molecular complexity index is 656. The third-order valence-electron chi connectivity index (χ3n) is 3.66. The van der Waals surface area contributed by atoms with Crippen LogP contribution >= 0.6 is 0 Å². The van der Waals surface area contributed by atoms with Gasteiger partial charge in [0.05, 0.1) is 24.2 Å². The van der Waals surface area contributed by atoms with Gasteiger partial charge in [0.25, 0.3) is 0 Å². The van der Waals surface area contributed by atoms with Crippen LogP contribution in [0, 0.1) is 0 Å². The molecular weight excluding hydrogens is 392 g/mol. The van der Waals surface area contributed by atoms with Crippen molar-refractivity contribution in [3.8, 4) is 0 Å². The molecule has 1 aromatic carbocycles. The Hall–Kier alpha value is -2.30. The van der Waals surface area contributed by atoms with Crippen molar-refractivity contribution in [2.24, 2.45) is 0 Å². The number of rotatable bonds is 4. The van der Waals surface area contributed by atoms with Gasteiger partial charge in [-0.1, -0.05) is 13.8 Å². The van der Waals surface area contributed by atoms with Crippen LogP contribution in [-0.4, -0.2) is 42.9 Å². The Morgan fingerprint density at radius 1 is 1.07 bits per heavy atom. The zero-order valence-corrected chi connectivity index (χ0v) is 15.3. The van der Waals surface area contributed by atoms with E-state index in [2.05, 4.69) is 10.6 Å². The van der Waals surface area contributed by atoms with Crippen molar-refractivity contribution < 1.29 is 35.9 Å². The van der Waals surface area contributed by atoms with Crippen LogP contribution in [0.15, 0.2) is 18.2 Å². The summed E-state index contributed by atoms with van der Waals surface area (Å²) >= 11 is 0. The van der Waals surface area contributed by atoms with Crippen LogP contribution in [0.5, 0.6) is 0 Å². The highest BCUT2D eigenvalue weighted by Gasteiger charge is 2.36. The van der Waals surface area contributed by atoms with Crippen molar-refractivity contribution in [2.45, 2.75) is 32.7 Å². The van der Waals surface area contributed by atoms with Gasteiger partial charge in [-0.05, 0) is 23.8 Å². The molecule has 0 unspecified atom stereocenters. The fourth-order valence-electron chi connectivity index (χ4n) is 2.36. The molecule has 0 bridgehead atoms. The average Bonchev–Trinajstić information content (AvgIpc) is 2.62. The minimum atomic E-state index is -4.95. The number of benzene rings is 1. The predicted molar refractivity (Wildman–Crippen MR) is 89.1 cm³/mol. The van der Waals surface area contributed by atoms with Crippen molar-refractivity contribution in [3.05, 3.63) is 34.9 Å². The van der Waals surface area contributed by atoms with Crippen LogP contribution in [0.1, 0.15) is 30.5 Å². The summed E-state index contributed by atoms with van der Waals surface area (Å²) in [6, 6.07) is 1.11. The number of hydrogen-bond acceptors (Lipinski definition) is 3. The normalized spacial score (nSPS) is 15.0. The fourth-order valence-corrected chi connectivity index (χ4v) is 2.36. The summed E-state index contributed by atoms with van der Waals surface area (Å²) in [5.41, 5.74) is -3.24. The molecular formula is C17H21F6N3O2. The number of nitrogens with one attached hydrogen (secondary N) is 2. The molecule has 1 aliphatic rings. The zero-order valence-electron chi connectivity index (χ0n) is 15.3. The van der Waals surface area contributed by atoms with E-state index in [9.17, 15) is 35.9 Å². The van der Waals surface area contributed by atoms with Gasteiger partial charge >= 0.3 is 12.4 Å². The second-order valence-electron chi connectivity index (χ2n) is 5.68. The molecule has 28 heavy (non-hydrogen) atoms. The molecule has 0 radical (unpaired) electrons. The number of alkyl halides is 6. The minimum Gasteiger partial charge on any atom is -0.350 e. The van der Waals surface area contributed by atoms with E-state index in [-0.39, 0.29) is 37.2 Å². The molecule has 1 aromatic rings. The van der Waals surface area contributed by atoms with E-state index in [1.807, 2.05) is 13.8 Å². The first-order valence-corrected chi connectivity index (χ1v) is 8.50. The SMILES string of the molecule is CC.O=C(CN1CCNCC1=O)NCc1cc(C(F)(F)F)cc(C(F)(F)F)c1.